The molecule has 4 amide bonds. The van der Waals surface area contributed by atoms with Crippen molar-refractivity contribution in [1.82, 2.24) is 21.3 Å². The fourth-order valence-electron chi connectivity index (χ4n) is 4.82. The molecule has 54 heavy (non-hydrogen) atoms. The SMILES string of the molecule is NCc1cc(COc2ccc(CCNC(=O)[C@H](CCC(=O)O)NC(=O)[C@H](CCC(=O)O)NC(=O)[C@H](CCC(=O)O)NC(=O)[C@@H](N)CCC(=O)O)cc2)co1. The lowest BCUT2D eigenvalue weighted by Gasteiger charge is -2.25. The zero-order valence-corrected chi connectivity index (χ0v) is 29.3. The van der Waals surface area contributed by atoms with Gasteiger partial charge in [0.15, 0.2) is 0 Å². The first-order chi connectivity index (χ1) is 25.6. The van der Waals surface area contributed by atoms with Gasteiger partial charge in [-0.3, -0.25) is 38.4 Å². The predicted molar refractivity (Wildman–Crippen MR) is 185 cm³/mol. The van der Waals surface area contributed by atoms with E-state index in [4.69, 9.17) is 30.8 Å². The smallest absolute Gasteiger partial charge is 0.303 e. The Morgan fingerprint density at radius 3 is 1.57 bits per heavy atom. The van der Waals surface area contributed by atoms with E-state index >= 15 is 0 Å². The molecule has 1 aromatic carbocycles. The summed E-state index contributed by atoms with van der Waals surface area (Å²) in [6, 6.07) is 2.78. The van der Waals surface area contributed by atoms with Crippen molar-refractivity contribution in [1.29, 1.82) is 0 Å². The minimum absolute atomic E-state index is 0.0775. The molecule has 1 heterocycles. The average molecular weight is 763 g/mol. The monoisotopic (exact) mass is 762 g/mol. The molecule has 0 spiro atoms. The first-order valence-corrected chi connectivity index (χ1v) is 16.9. The first kappa shape index (κ1) is 44.1. The number of amides is 4. The summed E-state index contributed by atoms with van der Waals surface area (Å²) in [6.45, 7) is 0.602. The lowest BCUT2D eigenvalue weighted by atomic mass is 10.0. The average Bonchev–Trinajstić information content (AvgIpc) is 3.59. The van der Waals surface area contributed by atoms with Crippen LogP contribution < -0.4 is 37.5 Å². The molecule has 0 aliphatic heterocycles. The molecule has 0 fully saturated rings. The van der Waals surface area contributed by atoms with E-state index < -0.39 is 110 Å². The highest BCUT2D eigenvalue weighted by molar-refractivity contribution is 5.95. The van der Waals surface area contributed by atoms with Crippen LogP contribution in [0.1, 0.15) is 68.3 Å². The molecule has 12 N–H and O–H groups in total. The van der Waals surface area contributed by atoms with Crippen LogP contribution in [0.25, 0.3) is 0 Å². The lowest BCUT2D eigenvalue weighted by Crippen LogP contribution is -2.58. The van der Waals surface area contributed by atoms with Crippen molar-refractivity contribution < 1.29 is 67.9 Å². The Hall–Kier alpha value is -6.02. The number of hydrogen-bond acceptors (Lipinski definition) is 12. The summed E-state index contributed by atoms with van der Waals surface area (Å²) < 4.78 is 11.0. The molecule has 2 rings (SSSR count). The van der Waals surface area contributed by atoms with Crippen molar-refractivity contribution in [2.75, 3.05) is 6.54 Å². The van der Waals surface area contributed by atoms with Crippen LogP contribution in [0.3, 0.4) is 0 Å². The van der Waals surface area contributed by atoms with Crippen molar-refractivity contribution >= 4 is 47.5 Å². The molecule has 20 nitrogen and oxygen atoms in total. The van der Waals surface area contributed by atoms with E-state index in [1.165, 1.54) is 0 Å². The molecule has 4 atom stereocenters. The Kier molecular flexibility index (Phi) is 18.7. The van der Waals surface area contributed by atoms with Crippen molar-refractivity contribution in [2.24, 2.45) is 11.5 Å². The number of carbonyl (C=O) groups excluding carboxylic acids is 4. The van der Waals surface area contributed by atoms with Crippen LogP contribution in [-0.2, 0) is 57.9 Å². The van der Waals surface area contributed by atoms with Gasteiger partial charge in [-0.1, -0.05) is 12.1 Å². The first-order valence-electron chi connectivity index (χ1n) is 16.9. The molecule has 0 aliphatic rings. The molecule has 1 aromatic heterocycles. The number of nitrogens with two attached hydrogens (primary N) is 2. The highest BCUT2D eigenvalue weighted by atomic mass is 16.5. The van der Waals surface area contributed by atoms with Gasteiger partial charge in [0, 0.05) is 37.8 Å². The number of rotatable bonds is 26. The topological polar surface area (TPSA) is 340 Å². The van der Waals surface area contributed by atoms with Crippen LogP contribution in [-0.4, -0.2) is 98.6 Å². The second-order valence-electron chi connectivity index (χ2n) is 12.1. The highest BCUT2D eigenvalue weighted by Crippen LogP contribution is 2.16. The van der Waals surface area contributed by atoms with Crippen LogP contribution in [0.15, 0.2) is 41.0 Å². The van der Waals surface area contributed by atoms with Crippen LogP contribution in [0.4, 0.5) is 0 Å². The van der Waals surface area contributed by atoms with Gasteiger partial charge >= 0.3 is 23.9 Å². The predicted octanol–water partition coefficient (Wildman–Crippen LogP) is -0.783. The zero-order valence-electron chi connectivity index (χ0n) is 29.3. The molecular weight excluding hydrogens is 716 g/mol. The van der Waals surface area contributed by atoms with Gasteiger partial charge in [-0.15, -0.1) is 0 Å². The second-order valence-corrected chi connectivity index (χ2v) is 12.1. The molecule has 0 saturated heterocycles. The van der Waals surface area contributed by atoms with E-state index in [9.17, 15) is 48.6 Å². The molecule has 0 saturated carbocycles. The molecule has 0 aliphatic carbocycles. The number of nitrogens with one attached hydrogen (secondary N) is 4. The number of hydrogen-bond donors (Lipinski definition) is 10. The number of carboxylic acid groups (broad SMARTS) is 4. The third kappa shape index (κ3) is 17.0. The maximum absolute atomic E-state index is 13.4. The lowest BCUT2D eigenvalue weighted by molar-refractivity contribution is -0.140. The Morgan fingerprint density at radius 1 is 0.648 bits per heavy atom. The largest absolute Gasteiger partial charge is 0.489 e. The summed E-state index contributed by atoms with van der Waals surface area (Å²) in [5, 5.41) is 45.9. The summed E-state index contributed by atoms with van der Waals surface area (Å²) >= 11 is 0. The maximum atomic E-state index is 13.4. The Labute approximate surface area is 309 Å². The Morgan fingerprint density at radius 2 is 1.11 bits per heavy atom. The van der Waals surface area contributed by atoms with Crippen molar-refractivity contribution in [3.05, 3.63) is 53.5 Å². The number of aliphatic carboxylic acids is 4. The molecule has 20 heteroatoms. The van der Waals surface area contributed by atoms with Crippen molar-refractivity contribution in [2.45, 2.75) is 95.1 Å². The van der Waals surface area contributed by atoms with E-state index in [1.54, 1.807) is 36.6 Å². The van der Waals surface area contributed by atoms with Crippen LogP contribution in [0, 0.1) is 0 Å². The second kappa shape index (κ2) is 22.8. The van der Waals surface area contributed by atoms with Gasteiger partial charge in [0.1, 0.15) is 36.2 Å². The van der Waals surface area contributed by atoms with Gasteiger partial charge < -0.3 is 62.3 Å². The number of benzene rings is 1. The van der Waals surface area contributed by atoms with E-state index in [0.29, 0.717) is 17.9 Å². The van der Waals surface area contributed by atoms with Crippen molar-refractivity contribution in [3.63, 3.8) is 0 Å². The van der Waals surface area contributed by atoms with Crippen LogP contribution in [0.5, 0.6) is 5.75 Å². The third-order valence-electron chi connectivity index (χ3n) is 7.80. The zero-order chi connectivity index (χ0) is 40.2. The van der Waals surface area contributed by atoms with Gasteiger partial charge in [0.05, 0.1) is 18.8 Å². The third-order valence-corrected chi connectivity index (χ3v) is 7.80. The molecule has 296 valence electrons. The Balaban J connectivity index is 2.09. The van der Waals surface area contributed by atoms with E-state index in [0.717, 1.165) is 11.1 Å². The van der Waals surface area contributed by atoms with E-state index in [-0.39, 0.29) is 32.5 Å². The quantitative estimate of drug-likeness (QED) is 0.0562. The summed E-state index contributed by atoms with van der Waals surface area (Å²) in [4.78, 5) is 97.1. The Bertz CT molecular complexity index is 1610. The standard InChI is InChI=1S/C34H46N6O14/c35-16-22-15-20(18-54-22)17-53-21-3-1-19(2-4-21)13-14-37-32(50)24(6-10-28(43)44)39-34(52)26(8-12-30(47)48)40-33(51)25(7-11-29(45)46)38-31(49)23(36)5-9-27(41)42/h1-4,15,18,23-26H,5-14,16-17,35-36H2,(H,37,50)(H,38,49)(H,39,52)(H,40,51)(H,41,42)(H,43,44)(H,45,46)(H,47,48)/t23-,24-,25-,26-/m0/s1. The van der Waals surface area contributed by atoms with Crippen LogP contribution in [0.2, 0.25) is 0 Å². The molecule has 0 unspecified atom stereocenters. The molecule has 0 radical (unpaired) electrons. The summed E-state index contributed by atoms with van der Waals surface area (Å²) in [7, 11) is 0. The molecule has 2 aromatic rings. The van der Waals surface area contributed by atoms with Gasteiger partial charge in [-0.2, -0.15) is 0 Å². The fraction of sp³-hybridized carbons (Fsp3) is 0.471. The minimum atomic E-state index is -1.63. The molecule has 0 bridgehead atoms. The highest BCUT2D eigenvalue weighted by Gasteiger charge is 2.31. The van der Waals surface area contributed by atoms with Gasteiger partial charge in [-0.05, 0) is 55.9 Å². The summed E-state index contributed by atoms with van der Waals surface area (Å²) in [6.07, 6.45) is -2.03. The van der Waals surface area contributed by atoms with E-state index in [2.05, 4.69) is 21.3 Å². The van der Waals surface area contributed by atoms with Gasteiger partial charge in [0.2, 0.25) is 23.6 Å². The normalized spacial score (nSPS) is 13.0. The number of carbonyl (C=O) groups is 8. The number of furan rings is 1. The van der Waals surface area contributed by atoms with Gasteiger partial charge in [-0.25, -0.2) is 0 Å². The van der Waals surface area contributed by atoms with E-state index in [1.807, 2.05) is 0 Å². The fourth-order valence-corrected chi connectivity index (χ4v) is 4.82. The molecular formula is C34H46N6O14. The maximum Gasteiger partial charge on any atom is 0.303 e. The summed E-state index contributed by atoms with van der Waals surface area (Å²) in [5.74, 6) is -7.86. The minimum Gasteiger partial charge on any atom is -0.489 e. The number of ether oxygens (including phenoxy) is 1. The van der Waals surface area contributed by atoms with Gasteiger partial charge in [0.25, 0.3) is 0 Å². The number of carboxylic acids is 4. The van der Waals surface area contributed by atoms with Crippen LogP contribution >= 0.6 is 0 Å². The van der Waals surface area contributed by atoms with Crippen molar-refractivity contribution in [3.8, 4) is 5.75 Å². The summed E-state index contributed by atoms with van der Waals surface area (Å²) in [5.41, 5.74) is 12.9.